The van der Waals surface area contributed by atoms with Crippen LogP contribution in [0.2, 0.25) is 5.02 Å². The Bertz CT molecular complexity index is 776. The lowest BCUT2D eigenvalue weighted by molar-refractivity contribution is 0.814. The van der Waals surface area contributed by atoms with E-state index in [1.807, 2.05) is 13.0 Å². The van der Waals surface area contributed by atoms with Gasteiger partial charge in [0.05, 0.1) is 27.9 Å². The quantitative estimate of drug-likeness (QED) is 0.913. The van der Waals surface area contributed by atoms with Crippen molar-refractivity contribution in [2.24, 2.45) is 0 Å². The van der Waals surface area contributed by atoms with Gasteiger partial charge in [0.2, 0.25) is 0 Å². The van der Waals surface area contributed by atoms with E-state index in [2.05, 4.69) is 15.3 Å². The minimum atomic E-state index is -0.241. The number of halogens is 1. The maximum absolute atomic E-state index is 12.1. The SMILES string of the molecule is Cc1nc(C)c(C(C)Nc2ccc(Cl)c(C#N)c2)c(=O)[nH]1. The fourth-order valence-corrected chi connectivity index (χ4v) is 2.43. The molecule has 2 rings (SSSR count). The monoisotopic (exact) mass is 302 g/mol. The van der Waals surface area contributed by atoms with Gasteiger partial charge in [0.15, 0.2) is 0 Å². The number of nitrogens with zero attached hydrogens (tertiary/aromatic N) is 2. The number of H-pyrrole nitrogens is 1. The summed E-state index contributed by atoms with van der Waals surface area (Å²) in [6, 6.07) is 6.86. The number of aromatic nitrogens is 2. The van der Waals surface area contributed by atoms with Gasteiger partial charge in [-0.3, -0.25) is 4.79 Å². The zero-order valence-electron chi connectivity index (χ0n) is 12.0. The minimum Gasteiger partial charge on any atom is -0.378 e. The van der Waals surface area contributed by atoms with Crippen LogP contribution >= 0.6 is 11.6 Å². The molecule has 1 atom stereocenters. The standard InChI is InChI=1S/C15H15ClN4O/c1-8-14(15(21)20-10(3)18-8)9(2)19-12-4-5-13(16)11(6-12)7-17/h4-6,9,19H,1-3H3,(H,18,20,21). The van der Waals surface area contributed by atoms with E-state index < -0.39 is 0 Å². The van der Waals surface area contributed by atoms with E-state index in [4.69, 9.17) is 16.9 Å². The summed E-state index contributed by atoms with van der Waals surface area (Å²) in [5, 5.41) is 12.6. The lowest BCUT2D eigenvalue weighted by Gasteiger charge is -2.17. The Morgan fingerprint density at radius 1 is 1.43 bits per heavy atom. The van der Waals surface area contributed by atoms with Gasteiger partial charge in [0.25, 0.3) is 5.56 Å². The van der Waals surface area contributed by atoms with Crippen molar-refractivity contribution in [1.82, 2.24) is 9.97 Å². The second-order valence-electron chi connectivity index (χ2n) is 4.82. The number of nitrogens with one attached hydrogen (secondary N) is 2. The number of hydrogen-bond donors (Lipinski definition) is 2. The molecule has 5 nitrogen and oxygen atoms in total. The van der Waals surface area contributed by atoms with Gasteiger partial charge >= 0.3 is 0 Å². The highest BCUT2D eigenvalue weighted by Gasteiger charge is 2.15. The summed E-state index contributed by atoms with van der Waals surface area (Å²) in [6.45, 7) is 5.42. The average Bonchev–Trinajstić information content (AvgIpc) is 2.39. The Morgan fingerprint density at radius 2 is 2.14 bits per heavy atom. The summed E-state index contributed by atoms with van der Waals surface area (Å²) in [5.41, 5.74) is 2.22. The topological polar surface area (TPSA) is 81.6 Å². The first-order valence-corrected chi connectivity index (χ1v) is 6.83. The Hall–Kier alpha value is -2.32. The molecule has 1 unspecified atom stereocenters. The number of nitriles is 1. The maximum Gasteiger partial charge on any atom is 0.256 e. The molecule has 1 aromatic carbocycles. The molecule has 1 aromatic heterocycles. The van der Waals surface area contributed by atoms with E-state index in [1.165, 1.54) is 0 Å². The van der Waals surface area contributed by atoms with Crippen LogP contribution in [0.25, 0.3) is 0 Å². The summed E-state index contributed by atoms with van der Waals surface area (Å²) < 4.78 is 0. The highest BCUT2D eigenvalue weighted by atomic mass is 35.5. The minimum absolute atomic E-state index is 0.158. The van der Waals surface area contributed by atoms with Crippen LogP contribution in [0, 0.1) is 25.2 Å². The zero-order valence-corrected chi connectivity index (χ0v) is 12.7. The summed E-state index contributed by atoms with van der Waals surface area (Å²) >= 11 is 5.90. The van der Waals surface area contributed by atoms with Crippen LogP contribution in [0.3, 0.4) is 0 Å². The molecule has 0 aliphatic heterocycles. The fraction of sp³-hybridized carbons (Fsp3) is 0.267. The highest BCUT2D eigenvalue weighted by molar-refractivity contribution is 6.31. The molecule has 0 fully saturated rings. The number of anilines is 1. The van der Waals surface area contributed by atoms with Crippen LogP contribution in [0.1, 0.15) is 35.6 Å². The second-order valence-corrected chi connectivity index (χ2v) is 5.23. The molecule has 0 aliphatic carbocycles. The molecule has 0 saturated heterocycles. The molecular formula is C15H15ClN4O. The largest absolute Gasteiger partial charge is 0.378 e. The third-order valence-corrected chi connectivity index (χ3v) is 3.50. The second kappa shape index (κ2) is 5.98. The van der Waals surface area contributed by atoms with E-state index in [-0.39, 0.29) is 11.6 Å². The third kappa shape index (κ3) is 3.23. The van der Waals surface area contributed by atoms with Crippen molar-refractivity contribution in [2.45, 2.75) is 26.8 Å². The number of hydrogen-bond acceptors (Lipinski definition) is 4. The van der Waals surface area contributed by atoms with Crippen LogP contribution in [0.4, 0.5) is 5.69 Å². The van der Waals surface area contributed by atoms with E-state index in [1.54, 1.807) is 32.0 Å². The molecule has 1 heterocycles. The van der Waals surface area contributed by atoms with Gasteiger partial charge in [-0.25, -0.2) is 4.98 Å². The van der Waals surface area contributed by atoms with Gasteiger partial charge in [0.1, 0.15) is 11.9 Å². The van der Waals surface area contributed by atoms with E-state index in [0.29, 0.717) is 27.7 Å². The molecule has 0 spiro atoms. The van der Waals surface area contributed by atoms with Gasteiger partial charge in [-0.1, -0.05) is 11.6 Å². The van der Waals surface area contributed by atoms with Crippen molar-refractivity contribution in [3.63, 3.8) is 0 Å². The molecule has 2 aromatic rings. The Labute approximate surface area is 127 Å². The van der Waals surface area contributed by atoms with Crippen molar-refractivity contribution in [3.8, 4) is 6.07 Å². The number of benzene rings is 1. The molecule has 0 aliphatic rings. The summed E-state index contributed by atoms with van der Waals surface area (Å²) in [5.74, 6) is 0.590. The van der Waals surface area contributed by atoms with Gasteiger partial charge in [-0.2, -0.15) is 5.26 Å². The van der Waals surface area contributed by atoms with Gasteiger partial charge in [-0.15, -0.1) is 0 Å². The molecule has 0 saturated carbocycles. The molecule has 21 heavy (non-hydrogen) atoms. The van der Waals surface area contributed by atoms with Gasteiger partial charge in [-0.05, 0) is 39.0 Å². The van der Waals surface area contributed by atoms with E-state index >= 15 is 0 Å². The number of aromatic amines is 1. The fourth-order valence-electron chi connectivity index (χ4n) is 2.27. The van der Waals surface area contributed by atoms with E-state index in [0.717, 1.165) is 5.69 Å². The zero-order chi connectivity index (χ0) is 15.6. The Balaban J connectivity index is 2.33. The van der Waals surface area contributed by atoms with E-state index in [9.17, 15) is 4.79 Å². The van der Waals surface area contributed by atoms with Crippen molar-refractivity contribution in [2.75, 3.05) is 5.32 Å². The predicted molar refractivity (Wildman–Crippen MR) is 82.5 cm³/mol. The molecule has 2 N–H and O–H groups in total. The van der Waals surface area contributed by atoms with Crippen LogP contribution in [0.15, 0.2) is 23.0 Å². The Kier molecular flexibility index (Phi) is 4.29. The molecule has 6 heteroatoms. The predicted octanol–water partition coefficient (Wildman–Crippen LogP) is 3.08. The van der Waals surface area contributed by atoms with Crippen LogP contribution in [-0.4, -0.2) is 9.97 Å². The molecular weight excluding hydrogens is 288 g/mol. The molecule has 108 valence electrons. The smallest absolute Gasteiger partial charge is 0.256 e. The van der Waals surface area contributed by atoms with Gasteiger partial charge in [0, 0.05) is 5.69 Å². The number of aryl methyl sites for hydroxylation is 2. The summed E-state index contributed by atoms with van der Waals surface area (Å²) in [7, 11) is 0. The number of rotatable bonds is 3. The van der Waals surface area contributed by atoms with Gasteiger partial charge < -0.3 is 10.3 Å². The molecule has 0 bridgehead atoms. The van der Waals surface area contributed by atoms with Crippen molar-refractivity contribution < 1.29 is 0 Å². The lowest BCUT2D eigenvalue weighted by atomic mass is 10.1. The van der Waals surface area contributed by atoms with Crippen molar-refractivity contribution >= 4 is 17.3 Å². The molecule has 0 amide bonds. The van der Waals surface area contributed by atoms with Crippen molar-refractivity contribution in [1.29, 1.82) is 5.26 Å². The Morgan fingerprint density at radius 3 is 2.76 bits per heavy atom. The first-order chi connectivity index (χ1) is 9.92. The maximum atomic E-state index is 12.1. The lowest BCUT2D eigenvalue weighted by Crippen LogP contribution is -2.23. The normalized spacial score (nSPS) is 11.8. The summed E-state index contributed by atoms with van der Waals surface area (Å²) in [6.07, 6.45) is 0. The van der Waals surface area contributed by atoms with Crippen LogP contribution in [-0.2, 0) is 0 Å². The summed E-state index contributed by atoms with van der Waals surface area (Å²) in [4.78, 5) is 19.0. The first kappa shape index (κ1) is 15.1. The average molecular weight is 303 g/mol. The van der Waals surface area contributed by atoms with Crippen LogP contribution < -0.4 is 10.9 Å². The molecule has 0 radical (unpaired) electrons. The third-order valence-electron chi connectivity index (χ3n) is 3.17. The first-order valence-electron chi connectivity index (χ1n) is 6.46. The van der Waals surface area contributed by atoms with Crippen LogP contribution in [0.5, 0.6) is 0 Å². The van der Waals surface area contributed by atoms with Crippen molar-refractivity contribution in [3.05, 3.63) is 56.2 Å². The highest BCUT2D eigenvalue weighted by Crippen LogP contribution is 2.23.